The molecule has 1 unspecified atom stereocenters. The van der Waals surface area contributed by atoms with Crippen LogP contribution in [0.5, 0.6) is 17.2 Å². The first-order chi connectivity index (χ1) is 15.4. The van der Waals surface area contributed by atoms with Crippen LogP contribution >= 0.6 is 27.5 Å². The van der Waals surface area contributed by atoms with Crippen LogP contribution in [0, 0.1) is 11.3 Å². The minimum Gasteiger partial charge on any atom is -0.482 e. The Labute approximate surface area is 197 Å². The number of fused-ring (bicyclic) bond motifs is 1. The van der Waals surface area contributed by atoms with Crippen LogP contribution in [0.25, 0.3) is 0 Å². The number of rotatable bonds is 5. The molecule has 8 heteroatoms. The van der Waals surface area contributed by atoms with Crippen LogP contribution in [0.3, 0.4) is 0 Å². The lowest BCUT2D eigenvalue weighted by atomic mass is 9.83. The first-order valence-corrected chi connectivity index (χ1v) is 10.7. The van der Waals surface area contributed by atoms with E-state index < -0.39 is 11.9 Å². The van der Waals surface area contributed by atoms with E-state index in [-0.39, 0.29) is 18.2 Å². The molecule has 32 heavy (non-hydrogen) atoms. The summed E-state index contributed by atoms with van der Waals surface area (Å²) in [4.78, 5) is 12.2. The van der Waals surface area contributed by atoms with Gasteiger partial charge in [0.1, 0.15) is 28.9 Å². The van der Waals surface area contributed by atoms with Crippen LogP contribution in [0.15, 0.2) is 82.7 Å². The number of halogens is 2. The average molecular weight is 512 g/mol. The van der Waals surface area contributed by atoms with E-state index in [9.17, 15) is 10.1 Å². The fraction of sp³-hybridized carbons (Fsp3) is 0.0833. The number of carbonyl (C=O) groups is 1. The van der Waals surface area contributed by atoms with E-state index in [1.54, 1.807) is 42.5 Å². The lowest BCUT2D eigenvalue weighted by Crippen LogP contribution is -2.21. The second-order valence-corrected chi connectivity index (χ2v) is 8.25. The summed E-state index contributed by atoms with van der Waals surface area (Å²) in [6, 6.07) is 21.4. The molecular formula is C24H16BrClN2O4. The predicted molar refractivity (Wildman–Crippen MR) is 122 cm³/mol. The van der Waals surface area contributed by atoms with Crippen molar-refractivity contribution in [3.63, 3.8) is 0 Å². The standard InChI is InChI=1S/C24H16BrClN2O4/c25-15-6-4-14(5-7-15)23-19-9-8-18(11-21(19)32-24(28)20(23)12-27)31-22(29)13-30-17-3-1-2-16(26)10-17/h1-11,23H,13,28H2. The van der Waals surface area contributed by atoms with Crippen LogP contribution in [0.4, 0.5) is 0 Å². The molecule has 1 aliphatic heterocycles. The van der Waals surface area contributed by atoms with Gasteiger partial charge in [-0.05, 0) is 42.0 Å². The highest BCUT2D eigenvalue weighted by Crippen LogP contribution is 2.43. The Morgan fingerprint density at radius 2 is 1.91 bits per heavy atom. The number of nitrogens with two attached hydrogens (primary N) is 1. The van der Waals surface area contributed by atoms with Crippen LogP contribution in [0.2, 0.25) is 5.02 Å². The maximum atomic E-state index is 12.2. The molecule has 3 aromatic rings. The second kappa shape index (κ2) is 9.35. The zero-order valence-corrected chi connectivity index (χ0v) is 18.9. The van der Waals surface area contributed by atoms with Crippen molar-refractivity contribution in [2.75, 3.05) is 6.61 Å². The van der Waals surface area contributed by atoms with Gasteiger partial charge in [0.15, 0.2) is 6.61 Å². The van der Waals surface area contributed by atoms with Crippen LogP contribution < -0.4 is 19.9 Å². The van der Waals surface area contributed by atoms with Crippen LogP contribution in [0.1, 0.15) is 17.0 Å². The topological polar surface area (TPSA) is 94.6 Å². The highest BCUT2D eigenvalue weighted by molar-refractivity contribution is 9.10. The summed E-state index contributed by atoms with van der Waals surface area (Å²) < 4.78 is 17.4. The molecule has 0 bridgehead atoms. The number of nitriles is 1. The lowest BCUT2D eigenvalue weighted by Gasteiger charge is -2.26. The summed E-state index contributed by atoms with van der Waals surface area (Å²) in [5.74, 6) is 0.170. The Balaban J connectivity index is 1.54. The summed E-state index contributed by atoms with van der Waals surface area (Å²) >= 11 is 9.32. The Morgan fingerprint density at radius 3 is 2.62 bits per heavy atom. The number of ether oxygens (including phenoxy) is 3. The van der Waals surface area contributed by atoms with Crippen molar-refractivity contribution < 1.29 is 19.0 Å². The number of carbonyl (C=O) groups excluding carboxylic acids is 1. The molecule has 0 spiro atoms. The Morgan fingerprint density at radius 1 is 1.12 bits per heavy atom. The molecule has 0 radical (unpaired) electrons. The van der Waals surface area contributed by atoms with E-state index >= 15 is 0 Å². The third kappa shape index (κ3) is 4.72. The van der Waals surface area contributed by atoms with Gasteiger partial charge >= 0.3 is 5.97 Å². The number of esters is 1. The molecule has 0 fully saturated rings. The molecule has 0 amide bonds. The van der Waals surface area contributed by atoms with Gasteiger partial charge in [-0.2, -0.15) is 5.26 Å². The molecule has 4 rings (SSSR count). The molecule has 0 aromatic heterocycles. The molecule has 160 valence electrons. The van der Waals surface area contributed by atoms with E-state index in [1.165, 1.54) is 0 Å². The fourth-order valence-corrected chi connectivity index (χ4v) is 3.80. The Hall–Kier alpha value is -3.47. The van der Waals surface area contributed by atoms with Crippen LogP contribution in [-0.4, -0.2) is 12.6 Å². The molecule has 2 N–H and O–H groups in total. The monoisotopic (exact) mass is 510 g/mol. The Bertz CT molecular complexity index is 1250. The summed E-state index contributed by atoms with van der Waals surface area (Å²) in [6.07, 6.45) is 0. The van der Waals surface area contributed by atoms with Gasteiger partial charge in [0.05, 0.1) is 5.92 Å². The van der Waals surface area contributed by atoms with Gasteiger partial charge < -0.3 is 19.9 Å². The zero-order valence-electron chi connectivity index (χ0n) is 16.5. The number of hydrogen-bond acceptors (Lipinski definition) is 6. The first kappa shape index (κ1) is 21.8. The normalized spacial score (nSPS) is 14.7. The number of allylic oxidation sites excluding steroid dienone is 1. The SMILES string of the molecule is N#CC1=C(N)Oc2cc(OC(=O)COc3cccc(Cl)c3)ccc2C1c1ccc(Br)cc1. The van der Waals surface area contributed by atoms with Crippen molar-refractivity contribution in [2.45, 2.75) is 5.92 Å². The van der Waals surface area contributed by atoms with Gasteiger partial charge in [-0.25, -0.2) is 4.79 Å². The smallest absolute Gasteiger partial charge is 0.349 e. The number of nitrogens with zero attached hydrogens (tertiary/aromatic N) is 1. The van der Waals surface area contributed by atoms with Gasteiger partial charge in [0, 0.05) is 21.1 Å². The molecule has 0 aliphatic carbocycles. The fourth-order valence-electron chi connectivity index (χ4n) is 3.36. The van der Waals surface area contributed by atoms with Crippen molar-refractivity contribution in [2.24, 2.45) is 5.73 Å². The predicted octanol–water partition coefficient (Wildman–Crippen LogP) is 5.31. The molecule has 1 aliphatic rings. The maximum Gasteiger partial charge on any atom is 0.349 e. The van der Waals surface area contributed by atoms with E-state index in [4.69, 9.17) is 31.5 Å². The minimum absolute atomic E-state index is 0.0145. The van der Waals surface area contributed by atoms with Crippen molar-refractivity contribution in [3.8, 4) is 23.3 Å². The summed E-state index contributed by atoms with van der Waals surface area (Å²) in [6.45, 7) is -0.291. The molecule has 0 saturated carbocycles. The largest absolute Gasteiger partial charge is 0.482 e. The van der Waals surface area contributed by atoms with Gasteiger partial charge in [-0.1, -0.05) is 51.8 Å². The van der Waals surface area contributed by atoms with Crippen molar-refractivity contribution >= 4 is 33.5 Å². The third-order valence-corrected chi connectivity index (χ3v) is 5.54. The van der Waals surface area contributed by atoms with E-state index in [0.717, 1.165) is 15.6 Å². The number of hydrogen-bond donors (Lipinski definition) is 1. The summed E-state index contributed by atoms with van der Waals surface area (Å²) in [5.41, 5.74) is 7.97. The highest BCUT2D eigenvalue weighted by atomic mass is 79.9. The Kier molecular flexibility index (Phi) is 6.35. The third-order valence-electron chi connectivity index (χ3n) is 4.78. The van der Waals surface area contributed by atoms with Gasteiger partial charge in [0.25, 0.3) is 0 Å². The number of benzene rings is 3. The molecule has 0 saturated heterocycles. The molecule has 1 atom stereocenters. The highest BCUT2D eigenvalue weighted by Gasteiger charge is 2.31. The second-order valence-electron chi connectivity index (χ2n) is 6.90. The van der Waals surface area contributed by atoms with E-state index in [0.29, 0.717) is 22.1 Å². The summed E-state index contributed by atoms with van der Waals surface area (Å²) in [5, 5.41) is 10.2. The van der Waals surface area contributed by atoms with Gasteiger partial charge in [-0.15, -0.1) is 0 Å². The zero-order chi connectivity index (χ0) is 22.7. The summed E-state index contributed by atoms with van der Waals surface area (Å²) in [7, 11) is 0. The molecule has 3 aromatic carbocycles. The molecule has 6 nitrogen and oxygen atoms in total. The van der Waals surface area contributed by atoms with E-state index in [2.05, 4.69) is 22.0 Å². The van der Waals surface area contributed by atoms with Crippen molar-refractivity contribution in [1.82, 2.24) is 0 Å². The molecule has 1 heterocycles. The quantitative estimate of drug-likeness (QED) is 0.369. The van der Waals surface area contributed by atoms with Gasteiger partial charge in [0.2, 0.25) is 5.88 Å². The van der Waals surface area contributed by atoms with Gasteiger partial charge in [-0.3, -0.25) is 0 Å². The maximum absolute atomic E-state index is 12.2. The van der Waals surface area contributed by atoms with E-state index in [1.807, 2.05) is 24.3 Å². The van der Waals surface area contributed by atoms with Crippen molar-refractivity contribution in [1.29, 1.82) is 5.26 Å². The van der Waals surface area contributed by atoms with Crippen LogP contribution in [-0.2, 0) is 4.79 Å². The first-order valence-electron chi connectivity index (χ1n) is 9.50. The minimum atomic E-state index is -0.591. The lowest BCUT2D eigenvalue weighted by molar-refractivity contribution is -0.136. The van der Waals surface area contributed by atoms with Crippen molar-refractivity contribution in [3.05, 3.63) is 98.8 Å². The average Bonchev–Trinajstić information content (AvgIpc) is 2.77. The molecular weight excluding hydrogens is 496 g/mol.